The third kappa shape index (κ3) is 2.76. The Morgan fingerprint density at radius 1 is 1.37 bits per heavy atom. The van der Waals surface area contributed by atoms with Crippen LogP contribution >= 0.6 is 0 Å². The molecule has 0 spiro atoms. The van der Waals surface area contributed by atoms with Gasteiger partial charge in [0.1, 0.15) is 5.69 Å². The van der Waals surface area contributed by atoms with E-state index in [0.29, 0.717) is 13.1 Å². The number of rotatable bonds is 3. The lowest BCUT2D eigenvalue weighted by atomic mass is 10.3. The molecule has 0 atom stereocenters. The van der Waals surface area contributed by atoms with E-state index in [1.54, 1.807) is 4.90 Å². The van der Waals surface area contributed by atoms with Gasteiger partial charge in [-0.15, -0.1) is 0 Å². The lowest BCUT2D eigenvalue weighted by Gasteiger charge is -2.26. The summed E-state index contributed by atoms with van der Waals surface area (Å²) in [5.41, 5.74) is 0.251. The van der Waals surface area contributed by atoms with Crippen LogP contribution in [0.5, 0.6) is 0 Å². The van der Waals surface area contributed by atoms with E-state index in [9.17, 15) is 9.59 Å². The van der Waals surface area contributed by atoms with Crippen LogP contribution in [0, 0.1) is 0 Å². The first-order valence-corrected chi connectivity index (χ1v) is 6.33. The van der Waals surface area contributed by atoms with Crippen LogP contribution in [0.4, 0.5) is 0 Å². The predicted octanol–water partition coefficient (Wildman–Crippen LogP) is 0.208. The van der Waals surface area contributed by atoms with Gasteiger partial charge in [-0.25, -0.2) is 4.79 Å². The maximum Gasteiger partial charge on any atom is 0.354 e. The average molecular weight is 266 g/mol. The number of hydrogen-bond donors (Lipinski definition) is 2. The van der Waals surface area contributed by atoms with Crippen LogP contribution in [0.25, 0.3) is 0 Å². The van der Waals surface area contributed by atoms with E-state index in [2.05, 4.69) is 10.4 Å². The summed E-state index contributed by atoms with van der Waals surface area (Å²) < 4.78 is 1.37. The van der Waals surface area contributed by atoms with Crippen molar-refractivity contribution in [2.45, 2.75) is 19.9 Å². The van der Waals surface area contributed by atoms with E-state index < -0.39 is 5.97 Å². The fourth-order valence-electron chi connectivity index (χ4n) is 2.08. The molecule has 0 aromatic carbocycles. The van der Waals surface area contributed by atoms with E-state index >= 15 is 0 Å². The van der Waals surface area contributed by atoms with Crippen molar-refractivity contribution in [2.24, 2.45) is 0 Å². The molecule has 7 heteroatoms. The summed E-state index contributed by atoms with van der Waals surface area (Å²) >= 11 is 0. The van der Waals surface area contributed by atoms with Gasteiger partial charge in [-0.2, -0.15) is 5.10 Å². The molecule has 2 N–H and O–H groups in total. The highest BCUT2D eigenvalue weighted by Gasteiger charge is 2.24. The Morgan fingerprint density at radius 2 is 2.00 bits per heavy atom. The number of amides is 1. The van der Waals surface area contributed by atoms with E-state index in [0.717, 1.165) is 13.1 Å². The summed E-state index contributed by atoms with van der Waals surface area (Å²) in [5.74, 6) is -1.27. The fraction of sp³-hybridized carbons (Fsp3) is 0.583. The van der Waals surface area contributed by atoms with Crippen LogP contribution in [0.2, 0.25) is 0 Å². The molecule has 0 aliphatic carbocycles. The lowest BCUT2D eigenvalue weighted by molar-refractivity contribution is 0.0679. The number of hydrogen-bond acceptors (Lipinski definition) is 4. The summed E-state index contributed by atoms with van der Waals surface area (Å²) in [4.78, 5) is 25.1. The largest absolute Gasteiger partial charge is 0.477 e. The Bertz CT molecular complexity index is 489. The summed E-state index contributed by atoms with van der Waals surface area (Å²) in [6.45, 7) is 6.41. The summed E-state index contributed by atoms with van der Waals surface area (Å²) in [6, 6.07) is 1.25. The third-order valence-electron chi connectivity index (χ3n) is 3.07. The number of carboxylic acids is 1. The second kappa shape index (κ2) is 5.40. The molecule has 2 heterocycles. The van der Waals surface area contributed by atoms with Crippen molar-refractivity contribution >= 4 is 11.9 Å². The standard InChI is InChI=1S/C12H18N4O3/c1-8(2)16-10(12(18)19)7-9(14-16)11(17)15-5-3-13-4-6-15/h7-8,13H,3-6H2,1-2H3,(H,18,19). The molecule has 19 heavy (non-hydrogen) atoms. The highest BCUT2D eigenvalue weighted by atomic mass is 16.4. The van der Waals surface area contributed by atoms with Crippen LogP contribution in [0.1, 0.15) is 40.9 Å². The number of carboxylic acid groups (broad SMARTS) is 1. The monoisotopic (exact) mass is 266 g/mol. The first kappa shape index (κ1) is 13.5. The molecule has 7 nitrogen and oxygen atoms in total. The minimum absolute atomic E-state index is 0.0495. The normalized spacial score (nSPS) is 15.8. The molecule has 0 radical (unpaired) electrons. The fourth-order valence-corrected chi connectivity index (χ4v) is 2.08. The summed E-state index contributed by atoms with van der Waals surface area (Å²) in [7, 11) is 0. The number of piperazine rings is 1. The second-order valence-corrected chi connectivity index (χ2v) is 4.80. The Labute approximate surface area is 111 Å². The third-order valence-corrected chi connectivity index (χ3v) is 3.07. The molecule has 1 saturated heterocycles. The van der Waals surface area contributed by atoms with Gasteiger partial charge in [0.25, 0.3) is 5.91 Å². The Kier molecular flexibility index (Phi) is 3.84. The predicted molar refractivity (Wildman–Crippen MR) is 68.3 cm³/mol. The molecule has 0 bridgehead atoms. The van der Waals surface area contributed by atoms with Crippen molar-refractivity contribution in [1.29, 1.82) is 0 Å². The second-order valence-electron chi connectivity index (χ2n) is 4.80. The smallest absolute Gasteiger partial charge is 0.354 e. The minimum atomic E-state index is -1.07. The molecule has 1 aromatic heterocycles. The Hall–Kier alpha value is -1.89. The molecular formula is C12H18N4O3. The van der Waals surface area contributed by atoms with Gasteiger partial charge in [0.2, 0.25) is 0 Å². The van der Waals surface area contributed by atoms with Crippen LogP contribution in [-0.4, -0.2) is 57.8 Å². The first-order chi connectivity index (χ1) is 9.00. The van der Waals surface area contributed by atoms with Crippen molar-refractivity contribution < 1.29 is 14.7 Å². The van der Waals surface area contributed by atoms with Gasteiger partial charge < -0.3 is 15.3 Å². The summed E-state index contributed by atoms with van der Waals surface area (Å²) in [5, 5.41) is 16.4. The van der Waals surface area contributed by atoms with Crippen LogP contribution in [-0.2, 0) is 0 Å². The van der Waals surface area contributed by atoms with Crippen molar-refractivity contribution in [3.8, 4) is 0 Å². The van der Waals surface area contributed by atoms with Gasteiger partial charge >= 0.3 is 5.97 Å². The van der Waals surface area contributed by atoms with Crippen LogP contribution in [0.3, 0.4) is 0 Å². The van der Waals surface area contributed by atoms with Gasteiger partial charge in [0.15, 0.2) is 5.69 Å². The SMILES string of the molecule is CC(C)n1nc(C(=O)N2CCNCC2)cc1C(=O)O. The quantitative estimate of drug-likeness (QED) is 0.816. The average Bonchev–Trinajstić information content (AvgIpc) is 2.84. The van der Waals surface area contributed by atoms with Gasteiger partial charge in [-0.05, 0) is 13.8 Å². The minimum Gasteiger partial charge on any atom is -0.477 e. The van der Waals surface area contributed by atoms with E-state index in [4.69, 9.17) is 5.11 Å². The van der Waals surface area contributed by atoms with Crippen LogP contribution in [0.15, 0.2) is 6.07 Å². The van der Waals surface area contributed by atoms with Crippen molar-refractivity contribution in [1.82, 2.24) is 20.0 Å². The first-order valence-electron chi connectivity index (χ1n) is 6.33. The van der Waals surface area contributed by atoms with E-state index in [1.807, 2.05) is 13.8 Å². The zero-order valence-corrected chi connectivity index (χ0v) is 11.1. The lowest BCUT2D eigenvalue weighted by Crippen LogP contribution is -2.46. The number of aromatic carboxylic acids is 1. The van der Waals surface area contributed by atoms with Gasteiger partial charge in [-0.1, -0.05) is 0 Å². The van der Waals surface area contributed by atoms with Gasteiger partial charge in [-0.3, -0.25) is 9.48 Å². The molecule has 1 aliphatic heterocycles. The Balaban J connectivity index is 2.27. The Morgan fingerprint density at radius 3 is 2.47 bits per heavy atom. The maximum absolute atomic E-state index is 12.2. The van der Waals surface area contributed by atoms with Crippen molar-refractivity contribution in [3.05, 3.63) is 17.5 Å². The number of carbonyl (C=O) groups is 2. The van der Waals surface area contributed by atoms with E-state index in [-0.39, 0.29) is 23.3 Å². The van der Waals surface area contributed by atoms with Crippen LogP contribution < -0.4 is 5.32 Å². The molecule has 0 saturated carbocycles. The zero-order chi connectivity index (χ0) is 14.0. The molecule has 1 aromatic rings. The topological polar surface area (TPSA) is 87.5 Å². The van der Waals surface area contributed by atoms with E-state index in [1.165, 1.54) is 10.7 Å². The molecule has 2 rings (SSSR count). The maximum atomic E-state index is 12.2. The van der Waals surface area contributed by atoms with Gasteiger partial charge in [0.05, 0.1) is 0 Å². The molecular weight excluding hydrogens is 248 g/mol. The number of nitrogens with one attached hydrogen (secondary N) is 1. The highest BCUT2D eigenvalue weighted by molar-refractivity contribution is 5.95. The highest BCUT2D eigenvalue weighted by Crippen LogP contribution is 2.13. The van der Waals surface area contributed by atoms with Crippen molar-refractivity contribution in [3.63, 3.8) is 0 Å². The molecule has 104 valence electrons. The molecule has 1 aliphatic rings. The number of carbonyl (C=O) groups excluding carboxylic acids is 1. The molecule has 0 unspecified atom stereocenters. The summed E-state index contributed by atoms with van der Waals surface area (Å²) in [6.07, 6.45) is 0. The number of aromatic nitrogens is 2. The zero-order valence-electron chi connectivity index (χ0n) is 11.1. The van der Waals surface area contributed by atoms with Crippen molar-refractivity contribution in [2.75, 3.05) is 26.2 Å². The number of nitrogens with zero attached hydrogens (tertiary/aromatic N) is 3. The molecule has 1 fully saturated rings. The van der Waals surface area contributed by atoms with Gasteiger partial charge in [0, 0.05) is 38.3 Å². The molecule has 1 amide bonds.